The van der Waals surface area contributed by atoms with E-state index in [9.17, 15) is 4.79 Å². The van der Waals surface area contributed by atoms with Gasteiger partial charge in [0, 0.05) is 5.56 Å². The Bertz CT molecular complexity index is 425. The van der Waals surface area contributed by atoms with Crippen molar-refractivity contribution < 1.29 is 14.3 Å². The number of nitrogens with one attached hydrogen (secondary N) is 1. The zero-order valence-electron chi connectivity index (χ0n) is 11.0. The molecule has 2 rings (SSSR count). The highest BCUT2D eigenvalue weighted by Crippen LogP contribution is 2.32. The van der Waals surface area contributed by atoms with Crippen LogP contribution in [0, 0.1) is 0 Å². The maximum Gasteiger partial charge on any atom is 0.176 e. The molecule has 1 aliphatic heterocycles. The summed E-state index contributed by atoms with van der Waals surface area (Å²) in [5.74, 6) is -0.432. The van der Waals surface area contributed by atoms with Crippen LogP contribution < -0.4 is 5.32 Å². The number of carbonyl (C=O) groups is 1. The molecule has 1 unspecified atom stereocenters. The van der Waals surface area contributed by atoms with Crippen LogP contribution in [0.3, 0.4) is 0 Å². The molecule has 4 heteroatoms. The van der Waals surface area contributed by atoms with E-state index in [0.717, 1.165) is 5.56 Å². The van der Waals surface area contributed by atoms with Crippen LogP contribution >= 0.6 is 0 Å². The first-order chi connectivity index (χ1) is 8.52. The highest BCUT2D eigenvalue weighted by molar-refractivity contribution is 5.97. The third-order valence-electron chi connectivity index (χ3n) is 2.95. The number of ether oxygens (including phenoxy) is 2. The van der Waals surface area contributed by atoms with Gasteiger partial charge in [-0.1, -0.05) is 24.3 Å². The van der Waals surface area contributed by atoms with E-state index in [4.69, 9.17) is 9.47 Å². The van der Waals surface area contributed by atoms with Crippen LogP contribution in [0.25, 0.3) is 0 Å². The number of hydrogen-bond acceptors (Lipinski definition) is 4. The molecule has 18 heavy (non-hydrogen) atoms. The molecule has 0 bridgehead atoms. The van der Waals surface area contributed by atoms with Crippen molar-refractivity contribution in [2.45, 2.75) is 25.7 Å². The van der Waals surface area contributed by atoms with Crippen LogP contribution in [0.5, 0.6) is 0 Å². The number of benzene rings is 1. The number of Topliss-reactive ketones (excluding diaryl/α,β-unsaturated/α-hetero) is 1. The van der Waals surface area contributed by atoms with E-state index in [2.05, 4.69) is 5.32 Å². The van der Waals surface area contributed by atoms with Crippen LogP contribution in [0.2, 0.25) is 0 Å². The van der Waals surface area contributed by atoms with Gasteiger partial charge in [-0.15, -0.1) is 0 Å². The van der Waals surface area contributed by atoms with Gasteiger partial charge in [0.1, 0.15) is 6.10 Å². The first-order valence-electron chi connectivity index (χ1n) is 6.11. The Morgan fingerprint density at radius 2 is 2.06 bits per heavy atom. The Labute approximate surface area is 107 Å². The molecule has 0 amide bonds. The molecule has 0 radical (unpaired) electrons. The highest BCUT2D eigenvalue weighted by atomic mass is 16.7. The average molecular weight is 249 g/mol. The standard InChI is InChI=1S/C14H19NO3/c1-14(2)17-9-13(18-14)11-6-4-10(5-7-11)12(16)8-15-3/h4-7,13,15H,8-9H2,1-3H3. The van der Waals surface area contributed by atoms with Gasteiger partial charge in [-0.05, 0) is 26.5 Å². The minimum absolute atomic E-state index is 0.0477. The Morgan fingerprint density at radius 1 is 1.39 bits per heavy atom. The number of hydrogen-bond donors (Lipinski definition) is 1. The maximum atomic E-state index is 11.7. The van der Waals surface area contributed by atoms with Crippen LogP contribution in [-0.4, -0.2) is 31.8 Å². The monoisotopic (exact) mass is 249 g/mol. The largest absolute Gasteiger partial charge is 0.347 e. The topological polar surface area (TPSA) is 47.6 Å². The third-order valence-corrected chi connectivity index (χ3v) is 2.95. The number of likely N-dealkylation sites (N-methyl/N-ethyl adjacent to an activating group) is 1. The maximum absolute atomic E-state index is 11.7. The van der Waals surface area contributed by atoms with Crippen molar-refractivity contribution in [2.75, 3.05) is 20.2 Å². The normalized spacial score (nSPS) is 22.1. The van der Waals surface area contributed by atoms with Crippen LogP contribution in [0.1, 0.15) is 35.9 Å². The van der Waals surface area contributed by atoms with Gasteiger partial charge in [0.2, 0.25) is 0 Å². The Balaban J connectivity index is 2.06. The van der Waals surface area contributed by atoms with Crippen molar-refractivity contribution in [2.24, 2.45) is 0 Å². The van der Waals surface area contributed by atoms with E-state index < -0.39 is 5.79 Å². The predicted octanol–water partition coefficient (Wildman–Crippen LogP) is 1.91. The fraction of sp³-hybridized carbons (Fsp3) is 0.500. The predicted molar refractivity (Wildman–Crippen MR) is 68.6 cm³/mol. The van der Waals surface area contributed by atoms with E-state index in [1.165, 1.54) is 0 Å². The van der Waals surface area contributed by atoms with Gasteiger partial charge in [-0.25, -0.2) is 0 Å². The summed E-state index contributed by atoms with van der Waals surface area (Å²) in [5.41, 5.74) is 1.76. The lowest BCUT2D eigenvalue weighted by molar-refractivity contribution is -0.139. The summed E-state index contributed by atoms with van der Waals surface area (Å²) in [6, 6.07) is 7.53. The molecule has 1 saturated heterocycles. The first kappa shape index (κ1) is 13.2. The van der Waals surface area contributed by atoms with Gasteiger partial charge >= 0.3 is 0 Å². The molecule has 1 aromatic rings. The fourth-order valence-corrected chi connectivity index (χ4v) is 2.00. The summed E-state index contributed by atoms with van der Waals surface area (Å²) in [5, 5.41) is 2.85. The summed E-state index contributed by atoms with van der Waals surface area (Å²) in [6.07, 6.45) is -0.0477. The molecule has 4 nitrogen and oxygen atoms in total. The second kappa shape index (κ2) is 5.18. The van der Waals surface area contributed by atoms with Gasteiger partial charge in [0.05, 0.1) is 13.2 Å². The second-order valence-electron chi connectivity index (χ2n) is 4.89. The number of carbonyl (C=O) groups excluding carboxylic acids is 1. The second-order valence-corrected chi connectivity index (χ2v) is 4.89. The van der Waals surface area contributed by atoms with E-state index in [1.807, 2.05) is 38.1 Å². The lowest BCUT2D eigenvalue weighted by Crippen LogP contribution is -2.20. The minimum Gasteiger partial charge on any atom is -0.347 e. The summed E-state index contributed by atoms with van der Waals surface area (Å²) in [6.45, 7) is 4.71. The average Bonchev–Trinajstić information content (AvgIpc) is 2.70. The van der Waals surface area contributed by atoms with Crippen LogP contribution in [0.4, 0.5) is 0 Å². The van der Waals surface area contributed by atoms with Gasteiger partial charge in [-0.3, -0.25) is 4.79 Å². The molecule has 0 spiro atoms. The number of ketones is 1. The molecule has 1 heterocycles. The van der Waals surface area contributed by atoms with E-state index in [-0.39, 0.29) is 11.9 Å². The SMILES string of the molecule is CNCC(=O)c1ccc(C2COC(C)(C)O2)cc1. The fourth-order valence-electron chi connectivity index (χ4n) is 2.00. The molecular weight excluding hydrogens is 230 g/mol. The van der Waals surface area contributed by atoms with Gasteiger partial charge in [0.25, 0.3) is 0 Å². The van der Waals surface area contributed by atoms with Crippen molar-refractivity contribution >= 4 is 5.78 Å². The minimum atomic E-state index is -0.523. The zero-order chi connectivity index (χ0) is 13.2. The number of rotatable bonds is 4. The van der Waals surface area contributed by atoms with Crippen molar-refractivity contribution in [1.82, 2.24) is 5.32 Å². The smallest absolute Gasteiger partial charge is 0.176 e. The van der Waals surface area contributed by atoms with Crippen molar-refractivity contribution in [3.8, 4) is 0 Å². The van der Waals surface area contributed by atoms with Gasteiger partial charge in [-0.2, -0.15) is 0 Å². The molecule has 1 aliphatic rings. The van der Waals surface area contributed by atoms with Crippen molar-refractivity contribution in [1.29, 1.82) is 0 Å². The van der Waals surface area contributed by atoms with Crippen LogP contribution in [-0.2, 0) is 9.47 Å². The molecule has 1 fully saturated rings. The van der Waals surface area contributed by atoms with Crippen molar-refractivity contribution in [3.05, 3.63) is 35.4 Å². The molecule has 0 aliphatic carbocycles. The van der Waals surface area contributed by atoms with Gasteiger partial charge in [0.15, 0.2) is 11.6 Å². The highest BCUT2D eigenvalue weighted by Gasteiger charge is 2.33. The van der Waals surface area contributed by atoms with E-state index in [1.54, 1.807) is 7.05 Å². The summed E-state index contributed by atoms with van der Waals surface area (Å²) >= 11 is 0. The van der Waals surface area contributed by atoms with Crippen molar-refractivity contribution in [3.63, 3.8) is 0 Å². The van der Waals surface area contributed by atoms with E-state index >= 15 is 0 Å². The molecular formula is C14H19NO3. The van der Waals surface area contributed by atoms with E-state index in [0.29, 0.717) is 18.7 Å². The Hall–Kier alpha value is -1.23. The third kappa shape index (κ3) is 2.96. The molecule has 1 N–H and O–H groups in total. The lowest BCUT2D eigenvalue weighted by atomic mass is 10.1. The molecule has 0 saturated carbocycles. The quantitative estimate of drug-likeness (QED) is 0.828. The Morgan fingerprint density at radius 3 is 2.56 bits per heavy atom. The molecule has 1 aromatic carbocycles. The first-order valence-corrected chi connectivity index (χ1v) is 6.11. The lowest BCUT2D eigenvalue weighted by Gasteiger charge is -2.17. The summed E-state index contributed by atoms with van der Waals surface area (Å²) in [4.78, 5) is 11.7. The summed E-state index contributed by atoms with van der Waals surface area (Å²) in [7, 11) is 1.76. The molecule has 1 atom stereocenters. The summed E-state index contributed by atoms with van der Waals surface area (Å²) < 4.78 is 11.3. The molecule has 98 valence electrons. The molecule has 0 aromatic heterocycles. The Kier molecular flexibility index (Phi) is 3.80. The van der Waals surface area contributed by atoms with Gasteiger partial charge < -0.3 is 14.8 Å². The van der Waals surface area contributed by atoms with Crippen LogP contribution in [0.15, 0.2) is 24.3 Å². The zero-order valence-corrected chi connectivity index (χ0v) is 11.0.